The van der Waals surface area contributed by atoms with E-state index in [2.05, 4.69) is 15.2 Å². The zero-order chi connectivity index (χ0) is 30.7. The molecule has 2 heterocycles. The predicted octanol–water partition coefficient (Wildman–Crippen LogP) is 2.56. The van der Waals surface area contributed by atoms with Crippen LogP contribution in [0.1, 0.15) is 27.3 Å². The van der Waals surface area contributed by atoms with Crippen LogP contribution in [0.4, 0.5) is 14.5 Å². The molecule has 0 atom stereocenters. The molecule has 0 fully saturated rings. The van der Waals surface area contributed by atoms with Gasteiger partial charge in [-0.3, -0.25) is 19.5 Å². The Labute approximate surface area is 245 Å². The number of amides is 2. The van der Waals surface area contributed by atoms with E-state index in [1.54, 1.807) is 44.4 Å². The van der Waals surface area contributed by atoms with Gasteiger partial charge in [0.15, 0.2) is 5.71 Å². The van der Waals surface area contributed by atoms with Crippen molar-refractivity contribution in [2.45, 2.75) is 19.7 Å². The molecule has 0 spiro atoms. The number of fused-ring (bicyclic) bond motifs is 2. The highest BCUT2D eigenvalue weighted by Gasteiger charge is 2.36. The second-order valence-electron chi connectivity index (χ2n) is 9.98. The summed E-state index contributed by atoms with van der Waals surface area (Å²) < 4.78 is 30.1. The highest BCUT2D eigenvalue weighted by Crippen LogP contribution is 2.32. The molecule has 0 saturated carbocycles. The second kappa shape index (κ2) is 12.2. The first-order valence-electron chi connectivity index (χ1n) is 13.2. The molecular weight excluding hydrogens is 560 g/mol. The number of oxime groups is 1. The SMILES string of the molecule is CN(C)C(=O)c1ccc(CO/N=C2/C(=O)N(Cc3nc4cc(F)ccc4n3CCN(N)/C=N\N)c3ccc(F)cc32)cc1. The van der Waals surface area contributed by atoms with E-state index >= 15 is 0 Å². The van der Waals surface area contributed by atoms with Gasteiger partial charge in [-0.1, -0.05) is 17.3 Å². The first kappa shape index (κ1) is 29.1. The van der Waals surface area contributed by atoms with Crippen LogP contribution in [-0.2, 0) is 29.3 Å². The standard InChI is InChI=1S/C29H29F2N9O3/c1-37(2)28(41)19-5-3-18(4-6-19)16-43-36-27-22-13-20(30)7-9-24(22)40(29(27)42)15-26-35-23-14-21(31)8-10-25(23)39(26)12-11-38(33)17-34-32/h3-10,13-14,17H,11-12,15-16,32-33H2,1-2H3/b34-17-,36-27+. The number of aromatic nitrogens is 2. The fourth-order valence-corrected chi connectivity index (χ4v) is 4.73. The average molecular weight is 590 g/mol. The summed E-state index contributed by atoms with van der Waals surface area (Å²) in [4.78, 5) is 38.7. The minimum absolute atomic E-state index is 0.0148. The van der Waals surface area contributed by atoms with Gasteiger partial charge < -0.3 is 20.1 Å². The topological polar surface area (TPSA) is 148 Å². The maximum absolute atomic E-state index is 14.3. The number of carbonyl (C=O) groups is 2. The number of hydrazine groups is 1. The fraction of sp³-hybridized carbons (Fsp3) is 0.207. The molecule has 0 unspecified atom stereocenters. The monoisotopic (exact) mass is 589 g/mol. The maximum atomic E-state index is 14.3. The molecule has 0 bridgehead atoms. The van der Waals surface area contributed by atoms with E-state index < -0.39 is 17.5 Å². The highest BCUT2D eigenvalue weighted by molar-refractivity contribution is 6.54. The predicted molar refractivity (Wildman–Crippen MR) is 157 cm³/mol. The number of anilines is 1. The molecule has 0 saturated heterocycles. The maximum Gasteiger partial charge on any atom is 0.281 e. The van der Waals surface area contributed by atoms with E-state index in [1.807, 2.05) is 4.57 Å². The van der Waals surface area contributed by atoms with E-state index in [-0.39, 0.29) is 36.9 Å². The summed E-state index contributed by atoms with van der Waals surface area (Å²) >= 11 is 0. The van der Waals surface area contributed by atoms with Crippen molar-refractivity contribution in [3.05, 3.63) is 94.8 Å². The van der Waals surface area contributed by atoms with Gasteiger partial charge in [0, 0.05) is 37.8 Å². The quantitative estimate of drug-likeness (QED) is 0.125. The van der Waals surface area contributed by atoms with Gasteiger partial charge in [-0.15, -0.1) is 0 Å². The summed E-state index contributed by atoms with van der Waals surface area (Å²) in [6, 6.07) is 15.0. The Morgan fingerprint density at radius 3 is 2.51 bits per heavy atom. The Morgan fingerprint density at radius 2 is 1.79 bits per heavy atom. The first-order valence-corrected chi connectivity index (χ1v) is 13.2. The van der Waals surface area contributed by atoms with Crippen molar-refractivity contribution in [3.63, 3.8) is 0 Å². The number of imidazole rings is 1. The third kappa shape index (κ3) is 6.13. The molecule has 14 heteroatoms. The number of hydrazone groups is 1. The average Bonchev–Trinajstić information content (AvgIpc) is 3.45. The molecule has 4 N–H and O–H groups in total. The van der Waals surface area contributed by atoms with Crippen molar-refractivity contribution >= 4 is 40.6 Å². The van der Waals surface area contributed by atoms with Gasteiger partial charge in [0.1, 0.15) is 30.4 Å². The molecule has 4 aromatic rings. The van der Waals surface area contributed by atoms with Crippen molar-refractivity contribution in [1.82, 2.24) is 19.5 Å². The Balaban J connectivity index is 1.41. The second-order valence-corrected chi connectivity index (χ2v) is 9.98. The van der Waals surface area contributed by atoms with Crippen molar-refractivity contribution in [2.75, 3.05) is 25.5 Å². The Kier molecular flexibility index (Phi) is 8.29. The van der Waals surface area contributed by atoms with Crippen LogP contribution in [0.5, 0.6) is 0 Å². The van der Waals surface area contributed by atoms with Crippen molar-refractivity contribution in [1.29, 1.82) is 0 Å². The largest absolute Gasteiger partial charge is 0.390 e. The number of carbonyl (C=O) groups excluding carboxylic acids is 2. The molecule has 0 radical (unpaired) electrons. The van der Waals surface area contributed by atoms with Crippen LogP contribution < -0.4 is 16.6 Å². The summed E-state index contributed by atoms with van der Waals surface area (Å²) in [7, 11) is 3.33. The third-order valence-electron chi connectivity index (χ3n) is 6.83. The van der Waals surface area contributed by atoms with E-state index in [1.165, 1.54) is 51.5 Å². The zero-order valence-corrected chi connectivity index (χ0v) is 23.4. The van der Waals surface area contributed by atoms with Gasteiger partial charge in [-0.2, -0.15) is 5.10 Å². The highest BCUT2D eigenvalue weighted by atomic mass is 19.1. The normalized spacial score (nSPS) is 13.7. The first-order chi connectivity index (χ1) is 20.7. The summed E-state index contributed by atoms with van der Waals surface area (Å²) in [5, 5.41) is 8.76. The molecule has 12 nitrogen and oxygen atoms in total. The van der Waals surface area contributed by atoms with Crippen LogP contribution in [0, 0.1) is 11.6 Å². The van der Waals surface area contributed by atoms with Gasteiger partial charge in [-0.05, 0) is 48.0 Å². The molecule has 1 aromatic heterocycles. The number of nitrogens with zero attached hydrogens (tertiary/aromatic N) is 7. The van der Waals surface area contributed by atoms with Crippen molar-refractivity contribution in [3.8, 4) is 0 Å². The van der Waals surface area contributed by atoms with Crippen LogP contribution in [0.15, 0.2) is 70.9 Å². The summed E-state index contributed by atoms with van der Waals surface area (Å²) in [5.41, 5.74) is 2.87. The van der Waals surface area contributed by atoms with Gasteiger partial charge in [0.05, 0.1) is 29.8 Å². The zero-order valence-electron chi connectivity index (χ0n) is 23.4. The van der Waals surface area contributed by atoms with E-state index in [0.29, 0.717) is 34.7 Å². The Hall–Kier alpha value is -5.37. The molecule has 5 rings (SSSR count). The number of hydrogen-bond acceptors (Lipinski definition) is 8. The molecule has 2 amide bonds. The Bertz CT molecular complexity index is 1740. The number of rotatable bonds is 10. The number of benzene rings is 3. The molecule has 1 aliphatic heterocycles. The molecular formula is C29H29F2N9O3. The summed E-state index contributed by atoms with van der Waals surface area (Å²) in [6.45, 7) is 0.600. The number of halogens is 2. The lowest BCUT2D eigenvalue weighted by atomic mass is 10.1. The van der Waals surface area contributed by atoms with Crippen LogP contribution in [0.3, 0.4) is 0 Å². The molecule has 0 aliphatic carbocycles. The lowest BCUT2D eigenvalue weighted by Gasteiger charge is -2.19. The van der Waals surface area contributed by atoms with E-state index in [4.69, 9.17) is 16.5 Å². The minimum Gasteiger partial charge on any atom is -0.390 e. The van der Waals surface area contributed by atoms with Crippen molar-refractivity contribution < 1.29 is 23.2 Å². The van der Waals surface area contributed by atoms with Crippen LogP contribution >= 0.6 is 0 Å². The van der Waals surface area contributed by atoms with Gasteiger partial charge in [0.25, 0.3) is 11.8 Å². The van der Waals surface area contributed by atoms with Crippen LogP contribution in [-0.4, -0.2) is 64.0 Å². The lowest BCUT2D eigenvalue weighted by Crippen LogP contribution is -2.34. The summed E-state index contributed by atoms with van der Waals surface area (Å²) in [6.07, 6.45) is 1.26. The molecule has 3 aromatic carbocycles. The number of nitrogens with two attached hydrogens (primary N) is 2. The van der Waals surface area contributed by atoms with Gasteiger partial charge in [-0.25, -0.2) is 19.6 Å². The molecule has 43 heavy (non-hydrogen) atoms. The molecule has 222 valence electrons. The van der Waals surface area contributed by atoms with E-state index in [0.717, 1.165) is 5.56 Å². The van der Waals surface area contributed by atoms with Crippen LogP contribution in [0.25, 0.3) is 11.0 Å². The lowest BCUT2D eigenvalue weighted by molar-refractivity contribution is -0.112. The number of hydrogen-bond donors (Lipinski definition) is 2. The van der Waals surface area contributed by atoms with Crippen molar-refractivity contribution in [2.24, 2.45) is 21.9 Å². The molecule has 1 aliphatic rings. The van der Waals surface area contributed by atoms with Gasteiger partial charge in [0.2, 0.25) is 0 Å². The van der Waals surface area contributed by atoms with E-state index in [9.17, 15) is 18.4 Å². The third-order valence-corrected chi connectivity index (χ3v) is 6.83. The Morgan fingerprint density at radius 1 is 1.07 bits per heavy atom. The van der Waals surface area contributed by atoms with Gasteiger partial charge >= 0.3 is 0 Å². The minimum atomic E-state index is -0.547. The smallest absolute Gasteiger partial charge is 0.281 e. The fourth-order valence-electron chi connectivity index (χ4n) is 4.73. The summed E-state index contributed by atoms with van der Waals surface area (Å²) in [5.74, 6) is 9.85. The van der Waals surface area contributed by atoms with Crippen LogP contribution in [0.2, 0.25) is 0 Å².